The Labute approximate surface area is 151 Å². The van der Waals surface area contributed by atoms with Crippen molar-refractivity contribution < 1.29 is 18.1 Å². The molecule has 0 atom stereocenters. The Hall–Kier alpha value is -2.78. The van der Waals surface area contributed by atoms with Gasteiger partial charge in [-0.2, -0.15) is 0 Å². The summed E-state index contributed by atoms with van der Waals surface area (Å²) in [4.78, 5) is 22.8. The van der Waals surface area contributed by atoms with Crippen LogP contribution in [-0.2, 0) is 16.6 Å². The zero-order valence-electron chi connectivity index (χ0n) is 14.6. The van der Waals surface area contributed by atoms with Gasteiger partial charge in [0.05, 0.1) is 9.82 Å². The molecule has 0 aliphatic rings. The maximum absolute atomic E-state index is 12.4. The second-order valence-corrected chi connectivity index (χ2v) is 7.96. The van der Waals surface area contributed by atoms with E-state index in [1.807, 2.05) is 0 Å². The quantitative estimate of drug-likeness (QED) is 0.612. The van der Waals surface area contributed by atoms with E-state index in [-0.39, 0.29) is 22.7 Å². The molecule has 0 fully saturated rings. The number of aryl methyl sites for hydroxylation is 1. The van der Waals surface area contributed by atoms with Gasteiger partial charge in [-0.05, 0) is 30.7 Å². The Balaban J connectivity index is 2.21. The second-order valence-electron chi connectivity index (χ2n) is 5.84. The summed E-state index contributed by atoms with van der Waals surface area (Å²) in [5.41, 5.74) is 1.02. The topological polar surface area (TPSA) is 110 Å². The van der Waals surface area contributed by atoms with E-state index in [0.717, 1.165) is 4.31 Å². The summed E-state index contributed by atoms with van der Waals surface area (Å²) in [5.74, 6) is -0.444. The number of hydrogen-bond donors (Lipinski definition) is 1. The third kappa shape index (κ3) is 4.06. The zero-order valence-corrected chi connectivity index (χ0v) is 15.4. The predicted molar refractivity (Wildman–Crippen MR) is 96.3 cm³/mol. The molecule has 0 saturated heterocycles. The molecule has 0 bridgehead atoms. The average molecular weight is 377 g/mol. The van der Waals surface area contributed by atoms with Crippen LogP contribution in [0.3, 0.4) is 0 Å². The first-order valence-electron chi connectivity index (χ1n) is 7.68. The average Bonchev–Trinajstić information content (AvgIpc) is 2.59. The fourth-order valence-corrected chi connectivity index (χ4v) is 3.49. The monoisotopic (exact) mass is 377 g/mol. The number of nitro benzene ring substituents is 1. The molecule has 0 aromatic heterocycles. The van der Waals surface area contributed by atoms with Crippen molar-refractivity contribution in [2.45, 2.75) is 18.4 Å². The molecule has 0 heterocycles. The third-order valence-electron chi connectivity index (χ3n) is 3.83. The van der Waals surface area contributed by atoms with Gasteiger partial charge in [-0.25, -0.2) is 12.7 Å². The first-order chi connectivity index (χ1) is 12.1. The van der Waals surface area contributed by atoms with Gasteiger partial charge in [0.25, 0.3) is 11.6 Å². The van der Waals surface area contributed by atoms with Crippen molar-refractivity contribution in [1.82, 2.24) is 9.62 Å². The highest BCUT2D eigenvalue weighted by molar-refractivity contribution is 7.89. The summed E-state index contributed by atoms with van der Waals surface area (Å²) < 4.78 is 25.8. The van der Waals surface area contributed by atoms with Gasteiger partial charge in [0, 0.05) is 37.8 Å². The van der Waals surface area contributed by atoms with Crippen molar-refractivity contribution in [3.8, 4) is 0 Å². The molecule has 1 N–H and O–H groups in total. The van der Waals surface area contributed by atoms with Gasteiger partial charge in [-0.1, -0.05) is 18.2 Å². The molecule has 0 saturated carbocycles. The van der Waals surface area contributed by atoms with E-state index in [0.29, 0.717) is 11.1 Å². The summed E-state index contributed by atoms with van der Waals surface area (Å²) in [6, 6.07) is 10.5. The zero-order chi connectivity index (χ0) is 19.5. The molecule has 2 rings (SSSR count). The normalized spacial score (nSPS) is 11.4. The van der Waals surface area contributed by atoms with Crippen molar-refractivity contribution in [2.24, 2.45) is 0 Å². The Morgan fingerprint density at radius 2 is 1.85 bits per heavy atom. The predicted octanol–water partition coefficient (Wildman–Crippen LogP) is 2.08. The summed E-state index contributed by atoms with van der Waals surface area (Å²) >= 11 is 0. The number of nitro groups is 1. The van der Waals surface area contributed by atoms with Gasteiger partial charge in [-0.15, -0.1) is 0 Å². The second kappa shape index (κ2) is 7.63. The van der Waals surface area contributed by atoms with E-state index in [9.17, 15) is 23.3 Å². The highest BCUT2D eigenvalue weighted by atomic mass is 32.2. The smallest absolute Gasteiger partial charge is 0.272 e. The number of sulfonamides is 1. The molecule has 2 aromatic carbocycles. The standard InChI is InChI=1S/C17H19N3O5S/c1-12-10-13(8-9-15(12)20(22)23)17(21)18-11-14-6-4-5-7-16(14)26(24,25)19(2)3/h4-10H,11H2,1-3H3,(H,18,21). The molecule has 138 valence electrons. The van der Waals surface area contributed by atoms with Crippen LogP contribution in [-0.4, -0.2) is 37.6 Å². The molecule has 8 nitrogen and oxygen atoms in total. The first-order valence-corrected chi connectivity index (χ1v) is 9.12. The Morgan fingerprint density at radius 1 is 1.19 bits per heavy atom. The molecular formula is C17H19N3O5S. The summed E-state index contributed by atoms with van der Waals surface area (Å²) in [7, 11) is -0.765. The minimum atomic E-state index is -3.63. The molecule has 2 aromatic rings. The lowest BCUT2D eigenvalue weighted by atomic mass is 10.1. The first kappa shape index (κ1) is 19.5. The Morgan fingerprint density at radius 3 is 2.42 bits per heavy atom. The Kier molecular flexibility index (Phi) is 5.73. The minimum Gasteiger partial charge on any atom is -0.348 e. The van der Waals surface area contributed by atoms with Crippen LogP contribution in [0.4, 0.5) is 5.69 Å². The van der Waals surface area contributed by atoms with E-state index < -0.39 is 20.9 Å². The van der Waals surface area contributed by atoms with Crippen molar-refractivity contribution >= 4 is 21.6 Å². The SMILES string of the molecule is Cc1cc(C(=O)NCc2ccccc2S(=O)(=O)N(C)C)ccc1[N+](=O)[O-]. The fraction of sp³-hybridized carbons (Fsp3) is 0.235. The lowest BCUT2D eigenvalue weighted by Crippen LogP contribution is -2.27. The largest absolute Gasteiger partial charge is 0.348 e. The van der Waals surface area contributed by atoms with Gasteiger partial charge in [0.15, 0.2) is 0 Å². The van der Waals surface area contributed by atoms with Crippen molar-refractivity contribution in [2.75, 3.05) is 14.1 Å². The van der Waals surface area contributed by atoms with E-state index in [1.165, 1.54) is 38.4 Å². The van der Waals surface area contributed by atoms with Gasteiger partial charge in [0.1, 0.15) is 0 Å². The molecular weight excluding hydrogens is 358 g/mol. The molecule has 9 heteroatoms. The van der Waals surface area contributed by atoms with E-state index in [2.05, 4.69) is 5.32 Å². The summed E-state index contributed by atoms with van der Waals surface area (Å²) in [5, 5.41) is 13.5. The number of hydrogen-bond acceptors (Lipinski definition) is 5. The van der Waals surface area contributed by atoms with Gasteiger partial charge < -0.3 is 5.32 Å². The van der Waals surface area contributed by atoms with Crippen LogP contribution in [0.2, 0.25) is 0 Å². The van der Waals surface area contributed by atoms with Gasteiger partial charge in [0.2, 0.25) is 10.0 Å². The van der Waals surface area contributed by atoms with Gasteiger partial charge >= 0.3 is 0 Å². The van der Waals surface area contributed by atoms with Crippen molar-refractivity contribution in [3.63, 3.8) is 0 Å². The number of carbonyl (C=O) groups is 1. The number of rotatable bonds is 6. The highest BCUT2D eigenvalue weighted by Gasteiger charge is 2.21. The molecule has 0 spiro atoms. The van der Waals surface area contributed by atoms with Crippen LogP contribution in [0.15, 0.2) is 47.4 Å². The summed E-state index contributed by atoms with van der Waals surface area (Å²) in [6.45, 7) is 1.56. The van der Waals surface area contributed by atoms with Gasteiger partial charge in [-0.3, -0.25) is 14.9 Å². The van der Waals surface area contributed by atoms with Crippen LogP contribution >= 0.6 is 0 Å². The molecule has 0 unspecified atom stereocenters. The lowest BCUT2D eigenvalue weighted by Gasteiger charge is -2.15. The van der Waals surface area contributed by atoms with Crippen LogP contribution in [0, 0.1) is 17.0 Å². The van der Waals surface area contributed by atoms with Crippen molar-refractivity contribution in [3.05, 3.63) is 69.3 Å². The van der Waals surface area contributed by atoms with Crippen molar-refractivity contribution in [1.29, 1.82) is 0 Å². The minimum absolute atomic E-state index is 0.0120. The van der Waals surface area contributed by atoms with E-state index in [1.54, 1.807) is 25.1 Å². The van der Waals surface area contributed by atoms with Crippen LogP contribution < -0.4 is 5.32 Å². The number of amides is 1. The Bertz CT molecular complexity index is 955. The van der Waals surface area contributed by atoms with E-state index >= 15 is 0 Å². The number of nitrogens with one attached hydrogen (secondary N) is 1. The number of carbonyl (C=O) groups excluding carboxylic acids is 1. The molecule has 26 heavy (non-hydrogen) atoms. The van der Waals surface area contributed by atoms with Crippen LogP contribution in [0.1, 0.15) is 21.5 Å². The molecule has 0 aliphatic carbocycles. The number of benzene rings is 2. The molecule has 0 aliphatic heterocycles. The maximum atomic E-state index is 12.4. The molecule has 1 amide bonds. The number of nitrogens with zero attached hydrogens (tertiary/aromatic N) is 2. The van der Waals surface area contributed by atoms with E-state index in [4.69, 9.17) is 0 Å². The molecule has 0 radical (unpaired) electrons. The lowest BCUT2D eigenvalue weighted by molar-refractivity contribution is -0.385. The summed E-state index contributed by atoms with van der Waals surface area (Å²) in [6.07, 6.45) is 0. The highest BCUT2D eigenvalue weighted by Crippen LogP contribution is 2.20. The fourth-order valence-electron chi connectivity index (χ4n) is 2.38. The maximum Gasteiger partial charge on any atom is 0.272 e. The third-order valence-corrected chi connectivity index (χ3v) is 5.74. The van der Waals surface area contributed by atoms with Crippen LogP contribution in [0.5, 0.6) is 0 Å². The van der Waals surface area contributed by atoms with Crippen LogP contribution in [0.25, 0.3) is 0 Å².